The summed E-state index contributed by atoms with van der Waals surface area (Å²) in [6.07, 6.45) is -1.06. The van der Waals surface area contributed by atoms with Crippen molar-refractivity contribution >= 4 is 29.2 Å². The van der Waals surface area contributed by atoms with Gasteiger partial charge in [0.15, 0.2) is 0 Å². The van der Waals surface area contributed by atoms with Crippen LogP contribution < -0.4 is 4.90 Å². The topological polar surface area (TPSA) is 85.3 Å². The van der Waals surface area contributed by atoms with Gasteiger partial charge in [-0.3, -0.25) is 9.59 Å². The zero-order chi connectivity index (χ0) is 19.8. The minimum absolute atomic E-state index is 0.246. The number of carbonyl (C=O) groups is 3. The second-order valence-electron chi connectivity index (χ2n) is 6.27. The predicted octanol–water partition coefficient (Wildman–Crippen LogP) is 2.29. The molecule has 0 saturated carbocycles. The Bertz CT molecular complexity index is 985. The fourth-order valence-corrected chi connectivity index (χ4v) is 3.25. The quantitative estimate of drug-likeness (QED) is 0.598. The van der Waals surface area contributed by atoms with Crippen LogP contribution in [0, 0.1) is 11.7 Å². The number of oxime groups is 1. The molecule has 2 amide bonds. The van der Waals surface area contributed by atoms with Crippen LogP contribution in [0.4, 0.5) is 10.1 Å². The molecule has 1 saturated heterocycles. The lowest BCUT2D eigenvalue weighted by atomic mass is 9.94. The van der Waals surface area contributed by atoms with Gasteiger partial charge < -0.3 is 9.57 Å². The van der Waals surface area contributed by atoms with Crippen LogP contribution in [-0.2, 0) is 19.2 Å². The van der Waals surface area contributed by atoms with Gasteiger partial charge in [0.1, 0.15) is 17.4 Å². The predicted molar refractivity (Wildman–Crippen MR) is 96.2 cm³/mol. The number of rotatable bonds is 4. The van der Waals surface area contributed by atoms with Crippen LogP contribution in [0.1, 0.15) is 22.8 Å². The summed E-state index contributed by atoms with van der Waals surface area (Å²) >= 11 is 0. The number of fused-ring (bicyclic) bond motifs is 1. The summed E-state index contributed by atoms with van der Waals surface area (Å²) in [7, 11) is 0. The standard InChI is InChI=1S/C20H15FN2O5/c1-2-27-20(26)12-5-9-14(10-6-12)23-18(24)15-16(22-28-17(15)19(23)25)11-3-7-13(21)8-4-11/h3-10,15,17H,2H2,1H3/t15-,17+/m0/s1. The van der Waals surface area contributed by atoms with Crippen molar-refractivity contribution in [2.24, 2.45) is 11.1 Å². The number of esters is 1. The maximum Gasteiger partial charge on any atom is 0.338 e. The molecule has 2 heterocycles. The van der Waals surface area contributed by atoms with Gasteiger partial charge >= 0.3 is 5.97 Å². The van der Waals surface area contributed by atoms with E-state index in [0.29, 0.717) is 16.8 Å². The SMILES string of the molecule is CCOC(=O)c1ccc(N2C(=O)[C@H]3C(c4ccc(F)cc4)=NO[C@H]3C2=O)cc1. The van der Waals surface area contributed by atoms with Crippen molar-refractivity contribution in [1.29, 1.82) is 0 Å². The monoisotopic (exact) mass is 382 g/mol. The van der Waals surface area contributed by atoms with Gasteiger partial charge in [0, 0.05) is 5.56 Å². The largest absolute Gasteiger partial charge is 0.462 e. The summed E-state index contributed by atoms with van der Waals surface area (Å²) in [5.74, 6) is -2.84. The number of ether oxygens (including phenoxy) is 1. The molecule has 0 bridgehead atoms. The third-order valence-electron chi connectivity index (χ3n) is 4.59. The molecule has 142 valence electrons. The molecule has 2 atom stereocenters. The maximum atomic E-state index is 13.2. The van der Waals surface area contributed by atoms with Crippen molar-refractivity contribution in [3.63, 3.8) is 0 Å². The molecule has 0 aromatic heterocycles. The third kappa shape index (κ3) is 2.83. The Morgan fingerprint density at radius 3 is 2.43 bits per heavy atom. The van der Waals surface area contributed by atoms with Crippen LogP contribution in [0.5, 0.6) is 0 Å². The normalized spacial score (nSPS) is 20.6. The Morgan fingerprint density at radius 2 is 1.79 bits per heavy atom. The number of benzene rings is 2. The Kier molecular flexibility index (Phi) is 4.38. The molecule has 1 fully saturated rings. The van der Waals surface area contributed by atoms with E-state index >= 15 is 0 Å². The summed E-state index contributed by atoms with van der Waals surface area (Å²) in [5, 5.41) is 3.87. The van der Waals surface area contributed by atoms with Gasteiger partial charge in [-0.1, -0.05) is 17.3 Å². The van der Waals surface area contributed by atoms with E-state index in [0.717, 1.165) is 4.90 Å². The molecule has 28 heavy (non-hydrogen) atoms. The van der Waals surface area contributed by atoms with Crippen LogP contribution in [0.3, 0.4) is 0 Å². The maximum absolute atomic E-state index is 13.2. The van der Waals surface area contributed by atoms with Crippen molar-refractivity contribution in [3.05, 3.63) is 65.5 Å². The van der Waals surface area contributed by atoms with Crippen molar-refractivity contribution in [3.8, 4) is 0 Å². The van der Waals surface area contributed by atoms with Crippen molar-refractivity contribution in [2.75, 3.05) is 11.5 Å². The van der Waals surface area contributed by atoms with E-state index in [2.05, 4.69) is 5.16 Å². The molecule has 2 aliphatic rings. The molecule has 0 spiro atoms. The first-order valence-electron chi connectivity index (χ1n) is 8.66. The first-order chi connectivity index (χ1) is 13.5. The van der Waals surface area contributed by atoms with Gasteiger partial charge in [0.05, 0.1) is 17.9 Å². The number of anilines is 1. The number of carbonyl (C=O) groups excluding carboxylic acids is 3. The molecule has 2 aromatic rings. The number of hydrogen-bond acceptors (Lipinski definition) is 6. The lowest BCUT2D eigenvalue weighted by molar-refractivity contribution is -0.126. The second kappa shape index (κ2) is 6.88. The van der Waals surface area contributed by atoms with Crippen LogP contribution in [-0.4, -0.2) is 36.2 Å². The van der Waals surface area contributed by atoms with E-state index in [1.54, 1.807) is 6.92 Å². The van der Waals surface area contributed by atoms with Crippen LogP contribution in [0.15, 0.2) is 53.7 Å². The van der Waals surface area contributed by atoms with Crippen molar-refractivity contribution < 1.29 is 28.3 Å². The summed E-state index contributed by atoms with van der Waals surface area (Å²) in [6.45, 7) is 1.95. The van der Waals surface area contributed by atoms with Crippen molar-refractivity contribution in [1.82, 2.24) is 0 Å². The van der Waals surface area contributed by atoms with Crippen LogP contribution in [0.25, 0.3) is 0 Å². The summed E-state index contributed by atoms with van der Waals surface area (Å²) in [4.78, 5) is 43.6. The number of imide groups is 1. The zero-order valence-corrected chi connectivity index (χ0v) is 14.8. The molecular formula is C20H15FN2O5. The first-order valence-corrected chi connectivity index (χ1v) is 8.66. The van der Waals surface area contributed by atoms with Crippen LogP contribution in [0.2, 0.25) is 0 Å². The van der Waals surface area contributed by atoms with E-state index in [4.69, 9.17) is 9.57 Å². The Balaban J connectivity index is 1.60. The Hall–Kier alpha value is -3.55. The average molecular weight is 382 g/mol. The lowest BCUT2D eigenvalue weighted by Gasteiger charge is -2.15. The van der Waals surface area contributed by atoms with Gasteiger partial charge in [0.2, 0.25) is 12.0 Å². The first kappa shape index (κ1) is 17.8. The minimum Gasteiger partial charge on any atom is -0.462 e. The fraction of sp³-hybridized carbons (Fsp3) is 0.200. The molecule has 8 heteroatoms. The highest BCUT2D eigenvalue weighted by molar-refractivity contribution is 6.32. The highest BCUT2D eigenvalue weighted by Crippen LogP contribution is 2.35. The molecule has 0 radical (unpaired) electrons. The average Bonchev–Trinajstić information content (AvgIpc) is 3.23. The number of amides is 2. The highest BCUT2D eigenvalue weighted by atomic mass is 19.1. The van der Waals surface area contributed by atoms with Gasteiger partial charge in [-0.15, -0.1) is 0 Å². The fourth-order valence-electron chi connectivity index (χ4n) is 3.25. The van der Waals surface area contributed by atoms with E-state index in [1.807, 2.05) is 0 Å². The smallest absolute Gasteiger partial charge is 0.338 e. The van der Waals surface area contributed by atoms with E-state index in [9.17, 15) is 18.8 Å². The van der Waals surface area contributed by atoms with Gasteiger partial charge in [-0.25, -0.2) is 14.1 Å². The Labute approximate surface area is 159 Å². The molecular weight excluding hydrogens is 367 g/mol. The van der Waals surface area contributed by atoms with E-state index in [1.165, 1.54) is 48.5 Å². The lowest BCUT2D eigenvalue weighted by Crippen LogP contribution is -2.33. The minimum atomic E-state index is -1.06. The van der Waals surface area contributed by atoms with Gasteiger partial charge in [-0.2, -0.15) is 0 Å². The number of hydrogen-bond donors (Lipinski definition) is 0. The van der Waals surface area contributed by atoms with Gasteiger partial charge in [-0.05, 0) is 43.3 Å². The molecule has 0 unspecified atom stereocenters. The summed E-state index contributed by atoms with van der Waals surface area (Å²) in [5.41, 5.74) is 1.43. The Morgan fingerprint density at radius 1 is 1.11 bits per heavy atom. The van der Waals surface area contributed by atoms with Gasteiger partial charge in [0.25, 0.3) is 5.91 Å². The third-order valence-corrected chi connectivity index (χ3v) is 4.59. The number of nitrogens with zero attached hydrogens (tertiary/aromatic N) is 2. The van der Waals surface area contributed by atoms with Crippen LogP contribution >= 0.6 is 0 Å². The molecule has 0 aliphatic carbocycles. The molecule has 2 aliphatic heterocycles. The van der Waals surface area contributed by atoms with Crippen molar-refractivity contribution in [2.45, 2.75) is 13.0 Å². The molecule has 2 aromatic carbocycles. The van der Waals surface area contributed by atoms with E-state index in [-0.39, 0.29) is 12.3 Å². The zero-order valence-electron chi connectivity index (χ0n) is 14.8. The summed E-state index contributed by atoms with van der Waals surface area (Å²) in [6, 6.07) is 11.4. The molecule has 4 rings (SSSR count). The number of halogens is 1. The highest BCUT2D eigenvalue weighted by Gasteiger charge is 2.56. The molecule has 0 N–H and O–H groups in total. The summed E-state index contributed by atoms with van der Waals surface area (Å²) < 4.78 is 18.1. The van der Waals surface area contributed by atoms with E-state index < -0.39 is 35.6 Å². The second-order valence-corrected chi connectivity index (χ2v) is 6.27. The molecule has 7 nitrogen and oxygen atoms in total.